The summed E-state index contributed by atoms with van der Waals surface area (Å²) in [4.78, 5) is 11.5. The van der Waals surface area contributed by atoms with Crippen LogP contribution in [0.1, 0.15) is 30.6 Å². The smallest absolute Gasteiger partial charge is 0.338 e. The van der Waals surface area contributed by atoms with Crippen molar-refractivity contribution in [2.24, 2.45) is 5.92 Å². The average molecular weight is 226 g/mol. The van der Waals surface area contributed by atoms with Crippen molar-refractivity contribution in [1.29, 1.82) is 0 Å². The summed E-state index contributed by atoms with van der Waals surface area (Å²) in [5, 5.41) is 8.95. The van der Waals surface area contributed by atoms with Gasteiger partial charge in [-0.2, -0.15) is 0 Å². The largest absolute Gasteiger partial charge is 0.505 e. The van der Waals surface area contributed by atoms with E-state index in [2.05, 4.69) is 0 Å². The Labute approximate surface area is 93.9 Å². The number of ether oxygens (including phenoxy) is 1. The maximum Gasteiger partial charge on any atom is 0.338 e. The number of benzene rings is 1. The zero-order valence-corrected chi connectivity index (χ0v) is 9.37. The normalized spacial score (nSPS) is 12.2. The third kappa shape index (κ3) is 3.22. The molecule has 0 saturated carbocycles. The van der Waals surface area contributed by atoms with E-state index in [1.54, 1.807) is 0 Å². The van der Waals surface area contributed by atoms with E-state index in [0.717, 1.165) is 18.6 Å². The first-order chi connectivity index (χ1) is 7.54. The van der Waals surface area contributed by atoms with E-state index in [1.807, 2.05) is 13.8 Å². The fraction of sp³-hybridized carbons (Fsp3) is 0.417. The SMILES string of the molecule is CC[C@H](C)COC(=O)c1ccc(O)c(F)c1. The van der Waals surface area contributed by atoms with Crippen molar-refractivity contribution in [3.63, 3.8) is 0 Å². The summed E-state index contributed by atoms with van der Waals surface area (Å²) < 4.78 is 17.9. The lowest BCUT2D eigenvalue weighted by Crippen LogP contribution is -2.11. The predicted octanol–water partition coefficient (Wildman–Crippen LogP) is 2.73. The summed E-state index contributed by atoms with van der Waals surface area (Å²) in [5.41, 5.74) is 0.110. The van der Waals surface area contributed by atoms with Gasteiger partial charge in [0.25, 0.3) is 0 Å². The van der Waals surface area contributed by atoms with Crippen molar-refractivity contribution in [3.05, 3.63) is 29.6 Å². The van der Waals surface area contributed by atoms with E-state index in [0.29, 0.717) is 6.61 Å². The molecule has 16 heavy (non-hydrogen) atoms. The third-order valence-electron chi connectivity index (χ3n) is 2.38. The molecule has 1 aromatic carbocycles. The van der Waals surface area contributed by atoms with Gasteiger partial charge in [-0.25, -0.2) is 9.18 Å². The first-order valence-corrected chi connectivity index (χ1v) is 5.20. The number of carbonyl (C=O) groups is 1. The van der Waals surface area contributed by atoms with Gasteiger partial charge >= 0.3 is 5.97 Å². The first-order valence-electron chi connectivity index (χ1n) is 5.20. The van der Waals surface area contributed by atoms with Crippen LogP contribution in [0.3, 0.4) is 0 Å². The molecule has 1 rings (SSSR count). The lowest BCUT2D eigenvalue weighted by Gasteiger charge is -2.09. The highest BCUT2D eigenvalue weighted by Crippen LogP contribution is 2.17. The van der Waals surface area contributed by atoms with Gasteiger partial charge in [0.05, 0.1) is 12.2 Å². The number of phenols is 1. The van der Waals surface area contributed by atoms with Crippen LogP contribution < -0.4 is 0 Å². The number of esters is 1. The van der Waals surface area contributed by atoms with Crippen LogP contribution in [0.15, 0.2) is 18.2 Å². The molecule has 0 spiro atoms. The van der Waals surface area contributed by atoms with E-state index in [1.165, 1.54) is 6.07 Å². The van der Waals surface area contributed by atoms with Crippen molar-refractivity contribution in [1.82, 2.24) is 0 Å². The molecular weight excluding hydrogens is 211 g/mol. The summed E-state index contributed by atoms with van der Waals surface area (Å²) in [6.07, 6.45) is 0.914. The molecule has 1 N–H and O–H groups in total. The van der Waals surface area contributed by atoms with Crippen LogP contribution >= 0.6 is 0 Å². The van der Waals surface area contributed by atoms with Gasteiger partial charge in [0.15, 0.2) is 11.6 Å². The monoisotopic (exact) mass is 226 g/mol. The van der Waals surface area contributed by atoms with E-state index < -0.39 is 17.5 Å². The lowest BCUT2D eigenvalue weighted by atomic mass is 10.1. The van der Waals surface area contributed by atoms with Gasteiger partial charge in [0.2, 0.25) is 0 Å². The van der Waals surface area contributed by atoms with Crippen molar-refractivity contribution < 1.29 is 19.0 Å². The molecular formula is C12H15FO3. The Hall–Kier alpha value is -1.58. The summed E-state index contributed by atoms with van der Waals surface area (Å²) in [6, 6.07) is 3.43. The van der Waals surface area contributed by atoms with Gasteiger partial charge in [0, 0.05) is 0 Å². The van der Waals surface area contributed by atoms with Crippen molar-refractivity contribution in [2.75, 3.05) is 6.61 Å². The van der Waals surface area contributed by atoms with E-state index in [4.69, 9.17) is 9.84 Å². The Morgan fingerprint density at radius 1 is 1.56 bits per heavy atom. The van der Waals surface area contributed by atoms with Crippen LogP contribution in [-0.2, 0) is 4.74 Å². The molecule has 0 aliphatic rings. The Balaban J connectivity index is 2.63. The molecule has 1 aromatic rings. The molecule has 0 unspecified atom stereocenters. The zero-order valence-electron chi connectivity index (χ0n) is 9.37. The Bertz CT molecular complexity index is 377. The predicted molar refractivity (Wildman–Crippen MR) is 57.8 cm³/mol. The van der Waals surface area contributed by atoms with Gasteiger partial charge in [-0.3, -0.25) is 0 Å². The van der Waals surface area contributed by atoms with E-state index >= 15 is 0 Å². The molecule has 0 fully saturated rings. The minimum absolute atomic E-state index is 0.110. The highest BCUT2D eigenvalue weighted by molar-refractivity contribution is 5.89. The first kappa shape index (κ1) is 12.5. The van der Waals surface area contributed by atoms with Gasteiger partial charge in [-0.05, 0) is 24.1 Å². The Morgan fingerprint density at radius 3 is 2.81 bits per heavy atom. The molecule has 0 aliphatic heterocycles. The third-order valence-corrected chi connectivity index (χ3v) is 2.38. The number of hydrogen-bond donors (Lipinski definition) is 1. The fourth-order valence-electron chi connectivity index (χ4n) is 1.05. The molecule has 0 heterocycles. The van der Waals surface area contributed by atoms with Crippen molar-refractivity contribution >= 4 is 5.97 Å². The zero-order chi connectivity index (χ0) is 12.1. The molecule has 0 aliphatic carbocycles. The standard InChI is InChI=1S/C12H15FO3/c1-3-8(2)7-16-12(15)9-4-5-11(14)10(13)6-9/h4-6,8,14H,3,7H2,1-2H3/t8-/m0/s1. The van der Waals surface area contributed by atoms with Crippen LogP contribution in [0.2, 0.25) is 0 Å². The number of aromatic hydroxyl groups is 1. The minimum atomic E-state index is -0.821. The fourth-order valence-corrected chi connectivity index (χ4v) is 1.05. The number of hydrogen-bond acceptors (Lipinski definition) is 3. The maximum atomic E-state index is 12.9. The average Bonchev–Trinajstić information content (AvgIpc) is 2.29. The number of phenolic OH excluding ortho intramolecular Hbond substituents is 1. The van der Waals surface area contributed by atoms with E-state index in [9.17, 15) is 9.18 Å². The highest BCUT2D eigenvalue weighted by atomic mass is 19.1. The van der Waals surface area contributed by atoms with Crippen LogP contribution in [0.4, 0.5) is 4.39 Å². The van der Waals surface area contributed by atoms with Crippen molar-refractivity contribution in [2.45, 2.75) is 20.3 Å². The summed E-state index contributed by atoms with van der Waals surface area (Å²) in [5.74, 6) is -1.58. The van der Waals surface area contributed by atoms with Crippen LogP contribution in [0.25, 0.3) is 0 Å². The molecule has 0 aromatic heterocycles. The van der Waals surface area contributed by atoms with Gasteiger partial charge in [-0.15, -0.1) is 0 Å². The van der Waals surface area contributed by atoms with Gasteiger partial charge in [-0.1, -0.05) is 20.3 Å². The molecule has 4 heteroatoms. The molecule has 88 valence electrons. The maximum absolute atomic E-state index is 12.9. The molecule has 0 radical (unpaired) electrons. The Morgan fingerprint density at radius 2 is 2.25 bits per heavy atom. The Kier molecular flexibility index (Phi) is 4.28. The second kappa shape index (κ2) is 5.49. The van der Waals surface area contributed by atoms with Crippen LogP contribution in [0, 0.1) is 11.7 Å². The summed E-state index contributed by atoms with van der Waals surface area (Å²) >= 11 is 0. The quantitative estimate of drug-likeness (QED) is 0.803. The second-order valence-electron chi connectivity index (χ2n) is 3.78. The molecule has 0 saturated heterocycles. The molecule has 1 atom stereocenters. The molecule has 0 bridgehead atoms. The van der Waals surface area contributed by atoms with E-state index in [-0.39, 0.29) is 11.5 Å². The number of carbonyl (C=O) groups excluding carboxylic acids is 1. The second-order valence-corrected chi connectivity index (χ2v) is 3.78. The summed E-state index contributed by atoms with van der Waals surface area (Å²) in [7, 11) is 0. The topological polar surface area (TPSA) is 46.5 Å². The van der Waals surface area contributed by atoms with Crippen molar-refractivity contribution in [3.8, 4) is 5.75 Å². The molecule has 3 nitrogen and oxygen atoms in total. The van der Waals surface area contributed by atoms with Crippen LogP contribution in [-0.4, -0.2) is 17.7 Å². The minimum Gasteiger partial charge on any atom is -0.505 e. The van der Waals surface area contributed by atoms with Crippen LogP contribution in [0.5, 0.6) is 5.75 Å². The van der Waals surface area contributed by atoms with Gasteiger partial charge in [0.1, 0.15) is 0 Å². The molecule has 0 amide bonds. The van der Waals surface area contributed by atoms with Gasteiger partial charge < -0.3 is 9.84 Å². The number of halogens is 1. The lowest BCUT2D eigenvalue weighted by molar-refractivity contribution is 0.0446. The summed E-state index contributed by atoms with van der Waals surface area (Å²) in [6.45, 7) is 4.28. The number of rotatable bonds is 4. The highest BCUT2D eigenvalue weighted by Gasteiger charge is 2.11.